The Kier molecular flexibility index (Phi) is 4.15. The fourth-order valence-electron chi connectivity index (χ4n) is 0.860. The minimum atomic E-state index is -2.74. The van der Waals surface area contributed by atoms with Crippen LogP contribution in [0, 0.1) is 0 Å². The van der Waals surface area contributed by atoms with E-state index in [9.17, 15) is 13.6 Å². The summed E-state index contributed by atoms with van der Waals surface area (Å²) in [5, 5.41) is 0. The first-order chi connectivity index (χ1) is 6.97. The van der Waals surface area contributed by atoms with Crippen LogP contribution in [-0.4, -0.2) is 18.1 Å². The molecule has 3 nitrogen and oxygen atoms in total. The van der Waals surface area contributed by atoms with Gasteiger partial charge in [-0.05, 0) is 37.9 Å². The van der Waals surface area contributed by atoms with Crippen LogP contribution < -0.4 is 0 Å². The van der Waals surface area contributed by atoms with E-state index in [1.165, 1.54) is 0 Å². The monoisotopic (exact) mass is 343 g/mol. The van der Waals surface area contributed by atoms with Crippen LogP contribution in [0.25, 0.3) is 0 Å². The molecular weight excluding hydrogens is 340 g/mol. The van der Waals surface area contributed by atoms with Gasteiger partial charge < -0.3 is 4.74 Å². The largest absolute Gasteiger partial charge is 0.464 e. The van der Waals surface area contributed by atoms with Gasteiger partial charge in [0.15, 0.2) is 5.69 Å². The van der Waals surface area contributed by atoms with Gasteiger partial charge in [-0.25, -0.2) is 18.6 Å². The first-order valence-electron chi connectivity index (χ1n) is 3.69. The second-order valence-electron chi connectivity index (χ2n) is 2.48. The maximum absolute atomic E-state index is 12.4. The lowest BCUT2D eigenvalue weighted by atomic mass is 10.3. The van der Waals surface area contributed by atoms with Gasteiger partial charge in [-0.1, -0.05) is 0 Å². The highest BCUT2D eigenvalue weighted by Gasteiger charge is 2.19. The lowest BCUT2D eigenvalue weighted by molar-refractivity contribution is 0.0591. The third kappa shape index (κ3) is 2.72. The Hall–Kier alpha value is -0.560. The molecule has 15 heavy (non-hydrogen) atoms. The van der Waals surface area contributed by atoms with Crippen molar-refractivity contribution in [1.29, 1.82) is 0 Å². The Labute approximate surface area is 101 Å². The second kappa shape index (κ2) is 4.98. The van der Waals surface area contributed by atoms with E-state index in [1.807, 2.05) is 0 Å². The predicted octanol–water partition coefficient (Wildman–Crippen LogP) is 3.33. The summed E-state index contributed by atoms with van der Waals surface area (Å²) in [5.41, 5.74) is -0.660. The van der Waals surface area contributed by atoms with Crippen molar-refractivity contribution in [1.82, 2.24) is 4.98 Å². The van der Waals surface area contributed by atoms with Gasteiger partial charge in [0.2, 0.25) is 0 Å². The number of ether oxygens (including phenoxy) is 1. The summed E-state index contributed by atoms with van der Waals surface area (Å²) < 4.78 is 29.8. The van der Waals surface area contributed by atoms with Crippen LogP contribution in [0.3, 0.4) is 0 Å². The molecule has 0 N–H and O–H groups in total. The van der Waals surface area contributed by atoms with Crippen molar-refractivity contribution in [3.63, 3.8) is 0 Å². The number of hydrogen-bond donors (Lipinski definition) is 0. The zero-order valence-electron chi connectivity index (χ0n) is 7.43. The SMILES string of the molecule is COC(=O)c1nc(C(F)F)cc(Br)c1Br. The van der Waals surface area contributed by atoms with Crippen LogP contribution in [0.5, 0.6) is 0 Å². The number of nitrogens with zero attached hydrogens (tertiary/aromatic N) is 1. The minimum Gasteiger partial charge on any atom is -0.464 e. The number of halogens is 4. The van der Waals surface area contributed by atoms with E-state index in [1.54, 1.807) is 0 Å². The molecular formula is C8H5Br2F2NO2. The molecule has 0 spiro atoms. The topological polar surface area (TPSA) is 39.2 Å². The van der Waals surface area contributed by atoms with Crippen molar-refractivity contribution < 1.29 is 18.3 Å². The van der Waals surface area contributed by atoms with Gasteiger partial charge in [0, 0.05) is 4.47 Å². The minimum absolute atomic E-state index is 0.179. The summed E-state index contributed by atoms with van der Waals surface area (Å²) in [4.78, 5) is 14.7. The van der Waals surface area contributed by atoms with Gasteiger partial charge in [0.25, 0.3) is 6.43 Å². The van der Waals surface area contributed by atoms with E-state index < -0.39 is 18.1 Å². The van der Waals surface area contributed by atoms with Crippen molar-refractivity contribution >= 4 is 37.8 Å². The second-order valence-corrected chi connectivity index (χ2v) is 4.13. The Bertz CT molecular complexity index is 398. The van der Waals surface area contributed by atoms with E-state index in [0.717, 1.165) is 13.2 Å². The molecule has 82 valence electrons. The average molecular weight is 345 g/mol. The third-order valence-electron chi connectivity index (χ3n) is 1.54. The lowest BCUT2D eigenvalue weighted by Gasteiger charge is -2.06. The van der Waals surface area contributed by atoms with Gasteiger partial charge >= 0.3 is 5.97 Å². The first-order valence-corrected chi connectivity index (χ1v) is 5.28. The standard InChI is InChI=1S/C8H5Br2F2NO2/c1-15-8(14)6-5(10)3(9)2-4(13-6)7(11)12/h2,7H,1H3. The molecule has 1 rings (SSSR count). The number of aromatic nitrogens is 1. The van der Waals surface area contributed by atoms with E-state index in [-0.39, 0.29) is 5.69 Å². The van der Waals surface area contributed by atoms with Gasteiger partial charge in [-0.15, -0.1) is 0 Å². The molecule has 0 saturated heterocycles. The molecule has 0 atom stereocenters. The Balaban J connectivity index is 3.31. The molecule has 0 fully saturated rings. The molecule has 0 radical (unpaired) electrons. The maximum Gasteiger partial charge on any atom is 0.357 e. The molecule has 0 bridgehead atoms. The van der Waals surface area contributed by atoms with Gasteiger partial charge in [-0.3, -0.25) is 0 Å². The van der Waals surface area contributed by atoms with Crippen LogP contribution in [-0.2, 0) is 4.74 Å². The zero-order valence-corrected chi connectivity index (χ0v) is 10.6. The van der Waals surface area contributed by atoms with E-state index in [4.69, 9.17) is 0 Å². The van der Waals surface area contributed by atoms with Crippen LogP contribution >= 0.6 is 31.9 Å². The number of carbonyl (C=O) groups is 1. The van der Waals surface area contributed by atoms with Gasteiger partial charge in [-0.2, -0.15) is 0 Å². The number of rotatable bonds is 2. The smallest absolute Gasteiger partial charge is 0.357 e. The van der Waals surface area contributed by atoms with Crippen molar-refractivity contribution in [2.75, 3.05) is 7.11 Å². The van der Waals surface area contributed by atoms with E-state index in [2.05, 4.69) is 41.6 Å². The highest BCUT2D eigenvalue weighted by molar-refractivity contribution is 9.13. The maximum atomic E-state index is 12.4. The van der Waals surface area contributed by atoms with Crippen molar-refractivity contribution in [3.05, 3.63) is 26.4 Å². The molecule has 1 aromatic rings. The fourth-order valence-corrected chi connectivity index (χ4v) is 1.65. The number of carbonyl (C=O) groups excluding carboxylic acids is 1. The predicted molar refractivity (Wildman–Crippen MR) is 55.9 cm³/mol. The molecule has 0 aliphatic rings. The third-order valence-corrected chi connectivity index (χ3v) is 3.50. The van der Waals surface area contributed by atoms with Crippen molar-refractivity contribution in [2.24, 2.45) is 0 Å². The molecule has 0 aromatic carbocycles. The summed E-state index contributed by atoms with van der Waals surface area (Å²) in [7, 11) is 1.15. The van der Waals surface area contributed by atoms with Crippen molar-refractivity contribution in [2.45, 2.75) is 6.43 Å². The number of methoxy groups -OCH3 is 1. The summed E-state index contributed by atoms with van der Waals surface area (Å²) in [6, 6.07) is 1.14. The quantitative estimate of drug-likeness (QED) is 0.772. The Morgan fingerprint density at radius 2 is 2.13 bits per heavy atom. The summed E-state index contributed by atoms with van der Waals surface area (Å²) >= 11 is 6.08. The van der Waals surface area contributed by atoms with Crippen LogP contribution in [0.15, 0.2) is 15.0 Å². The van der Waals surface area contributed by atoms with E-state index >= 15 is 0 Å². The fraction of sp³-hybridized carbons (Fsp3) is 0.250. The van der Waals surface area contributed by atoms with Gasteiger partial charge in [0.05, 0.1) is 11.6 Å². The molecule has 7 heteroatoms. The number of esters is 1. The summed E-state index contributed by atoms with van der Waals surface area (Å²) in [6.07, 6.45) is -2.74. The molecule has 0 aliphatic carbocycles. The molecule has 1 aromatic heterocycles. The highest BCUT2D eigenvalue weighted by atomic mass is 79.9. The normalized spacial score (nSPS) is 10.5. The Morgan fingerprint density at radius 1 is 1.53 bits per heavy atom. The number of hydrogen-bond acceptors (Lipinski definition) is 3. The van der Waals surface area contributed by atoms with Crippen LogP contribution in [0.4, 0.5) is 8.78 Å². The zero-order chi connectivity index (χ0) is 11.6. The molecule has 1 heterocycles. The summed E-state index contributed by atoms with van der Waals surface area (Å²) in [6.45, 7) is 0. The molecule has 0 amide bonds. The molecule has 0 saturated carbocycles. The average Bonchev–Trinajstić information content (AvgIpc) is 2.20. The lowest BCUT2D eigenvalue weighted by Crippen LogP contribution is -2.08. The Morgan fingerprint density at radius 3 is 2.60 bits per heavy atom. The van der Waals surface area contributed by atoms with Crippen molar-refractivity contribution in [3.8, 4) is 0 Å². The highest BCUT2D eigenvalue weighted by Crippen LogP contribution is 2.30. The van der Waals surface area contributed by atoms with E-state index in [0.29, 0.717) is 8.95 Å². The van der Waals surface area contributed by atoms with Crippen LogP contribution in [0.1, 0.15) is 22.6 Å². The molecule has 0 unspecified atom stereocenters. The number of alkyl halides is 2. The summed E-state index contributed by atoms with van der Waals surface area (Å²) in [5.74, 6) is -0.773. The van der Waals surface area contributed by atoms with Crippen LogP contribution in [0.2, 0.25) is 0 Å². The first kappa shape index (κ1) is 12.5. The van der Waals surface area contributed by atoms with Gasteiger partial charge in [0.1, 0.15) is 5.69 Å². The number of pyridine rings is 1. The molecule has 0 aliphatic heterocycles.